The van der Waals surface area contributed by atoms with Crippen LogP contribution in [0.15, 0.2) is 5.16 Å². The molecule has 0 rings (SSSR count). The minimum Gasteiger partial charge on any atom is -0.391 e. The van der Waals surface area contributed by atoms with Crippen LogP contribution in [0.5, 0.6) is 0 Å². The predicted molar refractivity (Wildman–Crippen MR) is 40.3 cm³/mol. The van der Waals surface area contributed by atoms with Crippen molar-refractivity contribution in [2.24, 2.45) is 16.6 Å². The van der Waals surface area contributed by atoms with Gasteiger partial charge in [0, 0.05) is 6.54 Å². The number of guanidine groups is 1. The summed E-state index contributed by atoms with van der Waals surface area (Å²) in [5.41, 5.74) is 10.00. The van der Waals surface area contributed by atoms with Crippen LogP contribution in [0.3, 0.4) is 0 Å². The highest BCUT2D eigenvalue weighted by Gasteiger charge is 1.88. The van der Waals surface area contributed by atoms with Crippen molar-refractivity contribution < 1.29 is 4.84 Å². The van der Waals surface area contributed by atoms with E-state index in [1.165, 1.54) is 0 Å². The van der Waals surface area contributed by atoms with Crippen molar-refractivity contribution in [3.63, 3.8) is 0 Å². The highest BCUT2D eigenvalue weighted by Crippen LogP contribution is 1.77. The molecule has 0 bridgehead atoms. The summed E-state index contributed by atoms with van der Waals surface area (Å²) in [6, 6.07) is 0. The second-order valence-electron chi connectivity index (χ2n) is 2.15. The molecular formula is C5H14N4O. The minimum atomic E-state index is -0.0428. The van der Waals surface area contributed by atoms with Crippen molar-refractivity contribution in [3.8, 4) is 0 Å². The van der Waals surface area contributed by atoms with Gasteiger partial charge in [-0.3, -0.25) is 0 Å². The summed E-state index contributed by atoms with van der Waals surface area (Å²) in [4.78, 5) is 6.68. The van der Waals surface area contributed by atoms with E-state index in [0.717, 1.165) is 6.54 Å². The van der Waals surface area contributed by atoms with E-state index in [2.05, 4.69) is 5.16 Å². The molecule has 0 unspecified atom stereocenters. The molecule has 0 atom stereocenters. The molecule has 0 spiro atoms. The zero-order valence-corrected chi connectivity index (χ0v) is 6.37. The summed E-state index contributed by atoms with van der Waals surface area (Å²) in [5.74, 6) is -0.0428. The molecule has 0 saturated heterocycles. The molecule has 0 fully saturated rings. The molecule has 0 aromatic carbocycles. The molecule has 0 radical (unpaired) electrons. The molecule has 4 N–H and O–H groups in total. The predicted octanol–water partition coefficient (Wildman–Crippen LogP) is -1.25. The summed E-state index contributed by atoms with van der Waals surface area (Å²) in [7, 11) is 3.89. The van der Waals surface area contributed by atoms with Gasteiger partial charge in [-0.1, -0.05) is 0 Å². The molecule has 10 heavy (non-hydrogen) atoms. The Morgan fingerprint density at radius 1 is 1.50 bits per heavy atom. The lowest BCUT2D eigenvalue weighted by atomic mass is 10.6. The number of hydrogen-bond donors (Lipinski definition) is 2. The minimum absolute atomic E-state index is 0.0428. The molecule has 0 aliphatic rings. The van der Waals surface area contributed by atoms with Gasteiger partial charge in [0.05, 0.1) is 0 Å². The summed E-state index contributed by atoms with van der Waals surface area (Å²) >= 11 is 0. The van der Waals surface area contributed by atoms with E-state index in [1.807, 2.05) is 19.0 Å². The van der Waals surface area contributed by atoms with Crippen molar-refractivity contribution in [2.45, 2.75) is 0 Å². The van der Waals surface area contributed by atoms with E-state index in [9.17, 15) is 0 Å². The Morgan fingerprint density at radius 3 is 2.50 bits per heavy atom. The third kappa shape index (κ3) is 7.03. The number of nitrogens with zero attached hydrogens (tertiary/aromatic N) is 2. The number of hydrogen-bond acceptors (Lipinski definition) is 3. The Labute approximate surface area is 60.6 Å². The van der Waals surface area contributed by atoms with Crippen molar-refractivity contribution >= 4 is 5.96 Å². The zero-order chi connectivity index (χ0) is 7.98. The van der Waals surface area contributed by atoms with Crippen molar-refractivity contribution in [1.82, 2.24) is 4.90 Å². The lowest BCUT2D eigenvalue weighted by molar-refractivity contribution is 0.125. The van der Waals surface area contributed by atoms with Gasteiger partial charge in [-0.25, -0.2) is 0 Å². The van der Waals surface area contributed by atoms with Crippen molar-refractivity contribution in [1.29, 1.82) is 0 Å². The number of nitrogens with two attached hydrogens (primary N) is 2. The van der Waals surface area contributed by atoms with Gasteiger partial charge in [-0.15, -0.1) is 0 Å². The van der Waals surface area contributed by atoms with E-state index >= 15 is 0 Å². The van der Waals surface area contributed by atoms with Crippen LogP contribution < -0.4 is 11.5 Å². The lowest BCUT2D eigenvalue weighted by Gasteiger charge is -2.06. The quantitative estimate of drug-likeness (QED) is 0.225. The second kappa shape index (κ2) is 4.87. The van der Waals surface area contributed by atoms with Crippen LogP contribution in [-0.2, 0) is 4.84 Å². The average molecular weight is 146 g/mol. The third-order valence-corrected chi connectivity index (χ3v) is 0.800. The van der Waals surface area contributed by atoms with Crippen LogP contribution in [-0.4, -0.2) is 38.1 Å². The zero-order valence-electron chi connectivity index (χ0n) is 6.37. The molecular weight excluding hydrogens is 132 g/mol. The Bertz CT molecular complexity index is 108. The lowest BCUT2D eigenvalue weighted by Crippen LogP contribution is -2.24. The van der Waals surface area contributed by atoms with Gasteiger partial charge in [-0.2, -0.15) is 0 Å². The molecule has 0 amide bonds. The summed E-state index contributed by atoms with van der Waals surface area (Å²) in [6.07, 6.45) is 0. The van der Waals surface area contributed by atoms with E-state index < -0.39 is 0 Å². The molecule has 60 valence electrons. The first-order valence-electron chi connectivity index (χ1n) is 2.98. The summed E-state index contributed by atoms with van der Waals surface area (Å²) in [6.45, 7) is 1.31. The molecule has 0 saturated carbocycles. The third-order valence-electron chi connectivity index (χ3n) is 0.800. The monoisotopic (exact) mass is 146 g/mol. The molecule has 0 heterocycles. The Hall–Kier alpha value is -0.970. The second-order valence-corrected chi connectivity index (χ2v) is 2.15. The fourth-order valence-electron chi connectivity index (χ4n) is 0.344. The standard InChI is InChI=1S/C5H14N4O/c1-9(2)3-4-10-8-5(6)7/h3-4H2,1-2H3,(H4,6,7,8). The van der Waals surface area contributed by atoms with Gasteiger partial charge in [0.1, 0.15) is 6.61 Å². The summed E-state index contributed by atoms with van der Waals surface area (Å²) in [5, 5.41) is 3.34. The van der Waals surface area contributed by atoms with E-state index in [-0.39, 0.29) is 5.96 Å². The van der Waals surface area contributed by atoms with Gasteiger partial charge in [-0.05, 0) is 19.3 Å². The Morgan fingerprint density at radius 2 is 2.10 bits per heavy atom. The van der Waals surface area contributed by atoms with Crippen LogP contribution in [0, 0.1) is 0 Å². The van der Waals surface area contributed by atoms with E-state index in [0.29, 0.717) is 6.61 Å². The van der Waals surface area contributed by atoms with Crippen LogP contribution in [0.25, 0.3) is 0 Å². The van der Waals surface area contributed by atoms with Gasteiger partial charge < -0.3 is 21.2 Å². The van der Waals surface area contributed by atoms with Gasteiger partial charge >= 0.3 is 0 Å². The molecule has 0 aromatic heterocycles. The average Bonchev–Trinajstić information content (AvgIpc) is 1.79. The number of oxime groups is 1. The first-order valence-corrected chi connectivity index (χ1v) is 2.98. The maximum absolute atomic E-state index is 5.00. The highest BCUT2D eigenvalue weighted by atomic mass is 16.6. The number of rotatable bonds is 4. The fraction of sp³-hybridized carbons (Fsp3) is 0.800. The molecule has 5 nitrogen and oxygen atoms in total. The van der Waals surface area contributed by atoms with Crippen molar-refractivity contribution in [2.75, 3.05) is 27.2 Å². The first kappa shape index (κ1) is 9.03. The van der Waals surface area contributed by atoms with Crippen LogP contribution in [0.2, 0.25) is 0 Å². The SMILES string of the molecule is CN(C)CCON=C(N)N. The van der Waals surface area contributed by atoms with Gasteiger partial charge in [0.25, 0.3) is 0 Å². The maximum Gasteiger partial charge on any atom is 0.228 e. The highest BCUT2D eigenvalue weighted by molar-refractivity contribution is 5.74. The van der Waals surface area contributed by atoms with E-state index in [1.54, 1.807) is 0 Å². The molecule has 0 aliphatic carbocycles. The fourth-order valence-corrected chi connectivity index (χ4v) is 0.344. The molecule has 0 aliphatic heterocycles. The van der Waals surface area contributed by atoms with Crippen molar-refractivity contribution in [3.05, 3.63) is 0 Å². The molecule has 5 heteroatoms. The smallest absolute Gasteiger partial charge is 0.228 e. The van der Waals surface area contributed by atoms with Gasteiger partial charge in [0.2, 0.25) is 5.96 Å². The van der Waals surface area contributed by atoms with Crippen LogP contribution >= 0.6 is 0 Å². The van der Waals surface area contributed by atoms with Crippen LogP contribution in [0.4, 0.5) is 0 Å². The van der Waals surface area contributed by atoms with Gasteiger partial charge in [0.15, 0.2) is 0 Å². The summed E-state index contributed by atoms with van der Waals surface area (Å²) < 4.78 is 0. The largest absolute Gasteiger partial charge is 0.391 e. The van der Waals surface area contributed by atoms with E-state index in [4.69, 9.17) is 16.3 Å². The molecule has 0 aromatic rings. The topological polar surface area (TPSA) is 76.9 Å². The Balaban J connectivity index is 3.13. The normalized spacial score (nSPS) is 9.50. The van der Waals surface area contributed by atoms with Crippen LogP contribution in [0.1, 0.15) is 0 Å². The maximum atomic E-state index is 5.00. The Kier molecular flexibility index (Phi) is 4.39. The number of likely N-dealkylation sites (N-methyl/N-ethyl adjacent to an activating group) is 1. The first-order chi connectivity index (χ1) is 4.63.